The van der Waals surface area contributed by atoms with Crippen molar-refractivity contribution in [1.82, 2.24) is 9.88 Å². The van der Waals surface area contributed by atoms with E-state index in [1.807, 2.05) is 29.2 Å². The maximum atomic E-state index is 12.5. The maximum absolute atomic E-state index is 12.5. The van der Waals surface area contributed by atoms with E-state index in [-0.39, 0.29) is 6.03 Å². The van der Waals surface area contributed by atoms with Crippen molar-refractivity contribution in [3.63, 3.8) is 0 Å². The molecule has 1 saturated heterocycles. The molecule has 2 aromatic carbocycles. The van der Waals surface area contributed by atoms with Gasteiger partial charge < -0.3 is 15.1 Å². The van der Waals surface area contributed by atoms with Crippen LogP contribution in [-0.2, 0) is 0 Å². The fourth-order valence-corrected chi connectivity index (χ4v) is 4.14. The number of aromatic nitrogens is 1. The van der Waals surface area contributed by atoms with Crippen molar-refractivity contribution in [3.8, 4) is 11.3 Å². The minimum atomic E-state index is -0.0945. The topological polar surface area (TPSA) is 48.5 Å². The molecule has 4 rings (SSSR count). The third-order valence-corrected chi connectivity index (χ3v) is 5.97. The van der Waals surface area contributed by atoms with Gasteiger partial charge in [0.25, 0.3) is 0 Å². The zero-order valence-corrected chi connectivity index (χ0v) is 17.3. The third-order valence-electron chi connectivity index (χ3n) is 4.56. The minimum absolute atomic E-state index is 0.0945. The minimum Gasteiger partial charge on any atom is -0.345 e. The second-order valence-electron chi connectivity index (χ2n) is 6.43. The predicted octanol–water partition coefficient (Wildman–Crippen LogP) is 5.47. The third kappa shape index (κ3) is 4.41. The van der Waals surface area contributed by atoms with Crippen molar-refractivity contribution in [2.24, 2.45) is 0 Å². The molecule has 2 heterocycles. The van der Waals surface area contributed by atoms with E-state index in [4.69, 9.17) is 28.2 Å². The highest BCUT2D eigenvalue weighted by atomic mass is 35.5. The molecule has 0 bridgehead atoms. The van der Waals surface area contributed by atoms with Crippen LogP contribution in [0.3, 0.4) is 0 Å². The van der Waals surface area contributed by atoms with Gasteiger partial charge in [-0.1, -0.05) is 35.3 Å². The molecule has 1 aliphatic heterocycles. The summed E-state index contributed by atoms with van der Waals surface area (Å²) in [5, 5.41) is 7.30. The lowest BCUT2D eigenvalue weighted by Crippen LogP contribution is -2.50. The Kier molecular flexibility index (Phi) is 5.71. The highest BCUT2D eigenvalue weighted by Crippen LogP contribution is 2.29. The normalized spacial score (nSPS) is 14.2. The quantitative estimate of drug-likeness (QED) is 0.596. The number of rotatable bonds is 3. The van der Waals surface area contributed by atoms with Crippen LogP contribution in [0, 0.1) is 0 Å². The predicted molar refractivity (Wildman–Crippen MR) is 117 cm³/mol. The highest BCUT2D eigenvalue weighted by Gasteiger charge is 2.23. The van der Waals surface area contributed by atoms with Gasteiger partial charge in [-0.3, -0.25) is 0 Å². The van der Waals surface area contributed by atoms with Crippen LogP contribution in [0.15, 0.2) is 53.9 Å². The number of nitrogens with one attached hydrogen (secondary N) is 1. The maximum Gasteiger partial charge on any atom is 0.321 e. The van der Waals surface area contributed by atoms with E-state index < -0.39 is 0 Å². The Hall–Kier alpha value is -2.28. The smallest absolute Gasteiger partial charge is 0.321 e. The molecule has 0 atom stereocenters. The number of amides is 2. The lowest BCUT2D eigenvalue weighted by molar-refractivity contribution is 0.208. The first-order chi connectivity index (χ1) is 13.6. The summed E-state index contributed by atoms with van der Waals surface area (Å²) in [6.45, 7) is 2.80. The van der Waals surface area contributed by atoms with Crippen molar-refractivity contribution in [1.29, 1.82) is 0 Å². The molecule has 1 aliphatic rings. The molecule has 2 amide bonds. The SMILES string of the molecule is O=C(Nc1ccc(Cl)cc1)N1CCN(c2nc(-c3ccc(Cl)cc3)cs2)CC1. The van der Waals surface area contributed by atoms with Crippen LogP contribution in [0.4, 0.5) is 15.6 Å². The number of hydrogen-bond acceptors (Lipinski definition) is 4. The molecule has 0 unspecified atom stereocenters. The molecule has 1 aromatic heterocycles. The van der Waals surface area contributed by atoms with Gasteiger partial charge in [0.15, 0.2) is 5.13 Å². The van der Waals surface area contributed by atoms with Crippen molar-refractivity contribution in [3.05, 3.63) is 64.0 Å². The number of urea groups is 1. The van der Waals surface area contributed by atoms with E-state index in [1.165, 1.54) is 0 Å². The van der Waals surface area contributed by atoms with E-state index in [2.05, 4.69) is 15.6 Å². The van der Waals surface area contributed by atoms with E-state index in [0.29, 0.717) is 23.1 Å². The number of halogens is 2. The van der Waals surface area contributed by atoms with Crippen molar-refractivity contribution in [2.45, 2.75) is 0 Å². The first kappa shape index (κ1) is 19.1. The van der Waals surface area contributed by atoms with Crippen LogP contribution >= 0.6 is 34.5 Å². The summed E-state index contributed by atoms with van der Waals surface area (Å²) in [5.74, 6) is 0. The molecular formula is C20H18Cl2N4OS. The fraction of sp³-hybridized carbons (Fsp3) is 0.200. The fourth-order valence-electron chi connectivity index (χ4n) is 3.00. The Bertz CT molecular complexity index is 951. The van der Waals surface area contributed by atoms with E-state index in [9.17, 15) is 4.79 Å². The number of carbonyl (C=O) groups excluding carboxylic acids is 1. The Morgan fingerprint density at radius 3 is 2.18 bits per heavy atom. The van der Waals surface area contributed by atoms with Crippen LogP contribution < -0.4 is 10.2 Å². The number of hydrogen-bond donors (Lipinski definition) is 1. The van der Waals surface area contributed by atoms with Gasteiger partial charge in [0.05, 0.1) is 5.69 Å². The zero-order valence-electron chi connectivity index (χ0n) is 14.9. The van der Waals surface area contributed by atoms with E-state index in [1.54, 1.807) is 35.6 Å². The molecule has 0 aliphatic carbocycles. The lowest BCUT2D eigenvalue weighted by atomic mass is 10.2. The zero-order chi connectivity index (χ0) is 19.5. The van der Waals surface area contributed by atoms with Gasteiger partial charge in [0.2, 0.25) is 0 Å². The molecule has 0 radical (unpaired) electrons. The van der Waals surface area contributed by atoms with Gasteiger partial charge >= 0.3 is 6.03 Å². The van der Waals surface area contributed by atoms with Crippen LogP contribution in [0.2, 0.25) is 10.0 Å². The van der Waals surface area contributed by atoms with Gasteiger partial charge in [-0.25, -0.2) is 9.78 Å². The van der Waals surface area contributed by atoms with E-state index in [0.717, 1.165) is 35.2 Å². The molecule has 28 heavy (non-hydrogen) atoms. The molecule has 3 aromatic rings. The second kappa shape index (κ2) is 8.39. The van der Waals surface area contributed by atoms with Crippen LogP contribution in [0.1, 0.15) is 0 Å². The standard InChI is InChI=1S/C20H18Cl2N4OS/c21-15-3-1-14(2-4-15)18-13-28-20(24-18)26-11-9-25(10-12-26)19(27)23-17-7-5-16(22)6-8-17/h1-8,13H,9-12H2,(H,23,27). The molecule has 0 saturated carbocycles. The Morgan fingerprint density at radius 2 is 1.54 bits per heavy atom. The largest absolute Gasteiger partial charge is 0.345 e. The Labute approximate surface area is 177 Å². The number of piperazine rings is 1. The van der Waals surface area contributed by atoms with Crippen molar-refractivity contribution >= 4 is 51.4 Å². The lowest BCUT2D eigenvalue weighted by Gasteiger charge is -2.34. The molecule has 8 heteroatoms. The summed E-state index contributed by atoms with van der Waals surface area (Å²) in [6, 6.07) is 14.7. The number of thiazole rings is 1. The van der Waals surface area contributed by atoms with E-state index >= 15 is 0 Å². The summed E-state index contributed by atoms with van der Waals surface area (Å²) in [5.41, 5.74) is 2.73. The molecule has 1 fully saturated rings. The number of nitrogens with zero attached hydrogens (tertiary/aromatic N) is 3. The van der Waals surface area contributed by atoms with Gasteiger partial charge in [0.1, 0.15) is 0 Å². The van der Waals surface area contributed by atoms with Crippen molar-refractivity contribution in [2.75, 3.05) is 36.4 Å². The Balaban J connectivity index is 1.34. The van der Waals surface area contributed by atoms with Crippen LogP contribution in [-0.4, -0.2) is 42.1 Å². The van der Waals surface area contributed by atoms with Crippen LogP contribution in [0.25, 0.3) is 11.3 Å². The molecule has 0 spiro atoms. The first-order valence-electron chi connectivity index (χ1n) is 8.86. The van der Waals surface area contributed by atoms with Gasteiger partial charge in [-0.15, -0.1) is 11.3 Å². The monoisotopic (exact) mass is 432 g/mol. The molecular weight excluding hydrogens is 415 g/mol. The average molecular weight is 433 g/mol. The van der Waals surface area contributed by atoms with Gasteiger partial charge in [-0.05, 0) is 36.4 Å². The summed E-state index contributed by atoms with van der Waals surface area (Å²) >= 11 is 13.5. The average Bonchev–Trinajstić information content (AvgIpc) is 3.20. The highest BCUT2D eigenvalue weighted by molar-refractivity contribution is 7.14. The Morgan fingerprint density at radius 1 is 0.929 bits per heavy atom. The number of benzene rings is 2. The summed E-state index contributed by atoms with van der Waals surface area (Å²) in [7, 11) is 0. The van der Waals surface area contributed by atoms with Gasteiger partial charge in [0, 0.05) is 52.9 Å². The van der Waals surface area contributed by atoms with Crippen molar-refractivity contribution < 1.29 is 4.79 Å². The number of carbonyl (C=O) groups is 1. The summed E-state index contributed by atoms with van der Waals surface area (Å²) in [6.07, 6.45) is 0. The molecule has 5 nitrogen and oxygen atoms in total. The van der Waals surface area contributed by atoms with Gasteiger partial charge in [-0.2, -0.15) is 0 Å². The van der Waals surface area contributed by atoms with Crippen LogP contribution in [0.5, 0.6) is 0 Å². The molecule has 144 valence electrons. The second-order valence-corrected chi connectivity index (χ2v) is 8.14. The summed E-state index contributed by atoms with van der Waals surface area (Å²) in [4.78, 5) is 21.2. The molecule has 1 N–H and O–H groups in total. The first-order valence-corrected chi connectivity index (χ1v) is 10.5. The number of anilines is 2. The summed E-state index contributed by atoms with van der Waals surface area (Å²) < 4.78 is 0.